The van der Waals surface area contributed by atoms with E-state index in [1.54, 1.807) is 0 Å². The minimum atomic E-state index is 0.607. The van der Waals surface area contributed by atoms with E-state index in [0.29, 0.717) is 6.54 Å². The van der Waals surface area contributed by atoms with Gasteiger partial charge < -0.3 is 10.6 Å². The van der Waals surface area contributed by atoms with E-state index in [4.69, 9.17) is 5.73 Å². The molecule has 0 bridgehead atoms. The molecule has 1 saturated carbocycles. The average molecular weight is 297 g/mol. The molecular weight excluding hydrogens is 276 g/mol. The van der Waals surface area contributed by atoms with Crippen LogP contribution in [0.4, 0.5) is 5.69 Å². The maximum atomic E-state index is 5.84. The molecule has 0 spiro atoms. The van der Waals surface area contributed by atoms with Gasteiger partial charge in [0.25, 0.3) is 0 Å². The Morgan fingerprint density at radius 3 is 2.71 bits per heavy atom. The van der Waals surface area contributed by atoms with Gasteiger partial charge in [0.2, 0.25) is 0 Å². The Morgan fingerprint density at radius 1 is 1.41 bits per heavy atom. The Kier molecular flexibility index (Phi) is 4.46. The molecule has 0 saturated heterocycles. The van der Waals surface area contributed by atoms with Crippen LogP contribution in [0.5, 0.6) is 0 Å². The van der Waals surface area contributed by atoms with Crippen molar-refractivity contribution in [2.24, 2.45) is 11.7 Å². The summed E-state index contributed by atoms with van der Waals surface area (Å²) in [7, 11) is 0. The number of hydrogen-bond acceptors (Lipinski definition) is 2. The van der Waals surface area contributed by atoms with E-state index in [2.05, 4.69) is 46.0 Å². The summed E-state index contributed by atoms with van der Waals surface area (Å²) < 4.78 is 1.11. The fourth-order valence-electron chi connectivity index (χ4n) is 2.41. The number of hydrogen-bond donors (Lipinski definition) is 1. The third-order valence-corrected chi connectivity index (χ3v) is 4.18. The quantitative estimate of drug-likeness (QED) is 0.901. The largest absolute Gasteiger partial charge is 0.371 e. The molecule has 2 rings (SSSR count). The molecule has 2 nitrogen and oxygen atoms in total. The zero-order chi connectivity index (χ0) is 12.3. The number of anilines is 1. The van der Waals surface area contributed by atoms with E-state index in [1.165, 1.54) is 37.1 Å². The number of halogens is 1. The smallest absolute Gasteiger partial charge is 0.0412 e. The van der Waals surface area contributed by atoms with E-state index >= 15 is 0 Å². The second-order valence-electron chi connectivity index (χ2n) is 4.81. The van der Waals surface area contributed by atoms with Gasteiger partial charge in [0.1, 0.15) is 0 Å². The Balaban J connectivity index is 2.16. The van der Waals surface area contributed by atoms with Gasteiger partial charge in [0.05, 0.1) is 0 Å². The SMILES string of the molecule is CCN(CC1CCC1)c1ccc(Br)cc1CN. The molecule has 0 atom stereocenters. The van der Waals surface area contributed by atoms with Gasteiger partial charge in [0, 0.05) is 29.8 Å². The zero-order valence-corrected chi connectivity index (χ0v) is 12.0. The van der Waals surface area contributed by atoms with Crippen LogP contribution in [-0.4, -0.2) is 13.1 Å². The van der Waals surface area contributed by atoms with Crippen LogP contribution in [0.1, 0.15) is 31.7 Å². The normalized spacial score (nSPS) is 15.7. The van der Waals surface area contributed by atoms with Crippen molar-refractivity contribution in [2.75, 3.05) is 18.0 Å². The van der Waals surface area contributed by atoms with Crippen LogP contribution in [0, 0.1) is 5.92 Å². The Hall–Kier alpha value is -0.540. The summed E-state index contributed by atoms with van der Waals surface area (Å²) in [6, 6.07) is 6.44. The fourth-order valence-corrected chi connectivity index (χ4v) is 2.82. The van der Waals surface area contributed by atoms with Crippen LogP contribution in [0.15, 0.2) is 22.7 Å². The van der Waals surface area contributed by atoms with Gasteiger partial charge in [-0.15, -0.1) is 0 Å². The number of rotatable bonds is 5. The first-order valence-electron chi connectivity index (χ1n) is 6.48. The molecule has 0 aromatic heterocycles. The van der Waals surface area contributed by atoms with E-state index in [0.717, 1.165) is 16.9 Å². The van der Waals surface area contributed by atoms with Crippen molar-refractivity contribution < 1.29 is 0 Å². The summed E-state index contributed by atoms with van der Waals surface area (Å²) in [4.78, 5) is 2.47. The molecule has 1 aromatic rings. The van der Waals surface area contributed by atoms with Crippen LogP contribution in [0.2, 0.25) is 0 Å². The molecule has 1 aliphatic rings. The maximum Gasteiger partial charge on any atom is 0.0412 e. The summed E-state index contributed by atoms with van der Waals surface area (Å²) in [6.45, 7) is 5.08. The first-order chi connectivity index (χ1) is 8.24. The summed E-state index contributed by atoms with van der Waals surface area (Å²) in [6.07, 6.45) is 4.20. The Bertz CT molecular complexity index is 374. The molecule has 94 valence electrons. The third kappa shape index (κ3) is 3.02. The van der Waals surface area contributed by atoms with Crippen molar-refractivity contribution in [1.29, 1.82) is 0 Å². The van der Waals surface area contributed by atoms with E-state index < -0.39 is 0 Å². The standard InChI is InChI=1S/C14H21BrN2/c1-2-17(10-11-4-3-5-11)14-7-6-13(15)8-12(14)9-16/h6-8,11H,2-5,9-10,16H2,1H3. The lowest BCUT2D eigenvalue weighted by Crippen LogP contribution is -2.33. The van der Waals surface area contributed by atoms with Gasteiger partial charge in [-0.05, 0) is 49.4 Å². The topological polar surface area (TPSA) is 29.3 Å². The first kappa shape index (κ1) is 12.9. The summed E-state index contributed by atoms with van der Waals surface area (Å²) in [5.74, 6) is 0.893. The number of nitrogens with two attached hydrogens (primary N) is 1. The minimum absolute atomic E-state index is 0.607. The van der Waals surface area contributed by atoms with Crippen molar-refractivity contribution in [1.82, 2.24) is 0 Å². The number of nitrogens with zero attached hydrogens (tertiary/aromatic N) is 1. The maximum absolute atomic E-state index is 5.84. The highest BCUT2D eigenvalue weighted by atomic mass is 79.9. The molecule has 0 radical (unpaired) electrons. The van der Waals surface area contributed by atoms with Crippen molar-refractivity contribution in [3.63, 3.8) is 0 Å². The predicted octanol–water partition coefficient (Wildman–Crippen LogP) is 3.53. The number of benzene rings is 1. The molecule has 0 unspecified atom stereocenters. The molecular formula is C14H21BrN2. The first-order valence-corrected chi connectivity index (χ1v) is 7.27. The average Bonchev–Trinajstić information content (AvgIpc) is 2.29. The molecule has 2 N–H and O–H groups in total. The molecule has 1 aliphatic carbocycles. The van der Waals surface area contributed by atoms with Crippen LogP contribution >= 0.6 is 15.9 Å². The summed E-state index contributed by atoms with van der Waals surface area (Å²) >= 11 is 3.51. The monoisotopic (exact) mass is 296 g/mol. The predicted molar refractivity (Wildman–Crippen MR) is 77.3 cm³/mol. The van der Waals surface area contributed by atoms with Gasteiger partial charge >= 0.3 is 0 Å². The third-order valence-electron chi connectivity index (χ3n) is 3.69. The lowest BCUT2D eigenvalue weighted by molar-refractivity contribution is 0.318. The molecule has 1 fully saturated rings. The molecule has 3 heteroatoms. The van der Waals surface area contributed by atoms with Gasteiger partial charge in [0.15, 0.2) is 0 Å². The van der Waals surface area contributed by atoms with Crippen molar-refractivity contribution in [2.45, 2.75) is 32.7 Å². The van der Waals surface area contributed by atoms with Crippen molar-refractivity contribution >= 4 is 21.6 Å². The lowest BCUT2D eigenvalue weighted by atomic mass is 9.85. The molecule has 17 heavy (non-hydrogen) atoms. The fraction of sp³-hybridized carbons (Fsp3) is 0.571. The molecule has 0 heterocycles. The summed E-state index contributed by atoms with van der Waals surface area (Å²) in [5, 5.41) is 0. The van der Waals surface area contributed by atoms with Gasteiger partial charge in [-0.25, -0.2) is 0 Å². The van der Waals surface area contributed by atoms with Crippen LogP contribution in [0.3, 0.4) is 0 Å². The van der Waals surface area contributed by atoms with Crippen LogP contribution in [-0.2, 0) is 6.54 Å². The van der Waals surface area contributed by atoms with Gasteiger partial charge in [-0.1, -0.05) is 22.4 Å². The van der Waals surface area contributed by atoms with Crippen LogP contribution < -0.4 is 10.6 Å². The van der Waals surface area contributed by atoms with E-state index in [-0.39, 0.29) is 0 Å². The van der Waals surface area contributed by atoms with Crippen LogP contribution in [0.25, 0.3) is 0 Å². The van der Waals surface area contributed by atoms with Gasteiger partial charge in [-0.3, -0.25) is 0 Å². The molecule has 1 aromatic carbocycles. The highest BCUT2D eigenvalue weighted by molar-refractivity contribution is 9.10. The van der Waals surface area contributed by atoms with Crippen molar-refractivity contribution in [3.05, 3.63) is 28.2 Å². The second kappa shape index (κ2) is 5.87. The molecule has 0 aliphatic heterocycles. The van der Waals surface area contributed by atoms with E-state index in [1.807, 2.05) is 0 Å². The Labute approximate surface area is 112 Å². The second-order valence-corrected chi connectivity index (χ2v) is 5.73. The zero-order valence-electron chi connectivity index (χ0n) is 10.5. The molecule has 0 amide bonds. The van der Waals surface area contributed by atoms with Gasteiger partial charge in [-0.2, -0.15) is 0 Å². The highest BCUT2D eigenvalue weighted by Gasteiger charge is 2.21. The lowest BCUT2D eigenvalue weighted by Gasteiger charge is -2.34. The Morgan fingerprint density at radius 2 is 2.18 bits per heavy atom. The highest BCUT2D eigenvalue weighted by Crippen LogP contribution is 2.31. The van der Waals surface area contributed by atoms with E-state index in [9.17, 15) is 0 Å². The van der Waals surface area contributed by atoms with Crippen molar-refractivity contribution in [3.8, 4) is 0 Å². The minimum Gasteiger partial charge on any atom is -0.371 e. The summed E-state index contributed by atoms with van der Waals surface area (Å²) in [5.41, 5.74) is 8.39.